The van der Waals surface area contributed by atoms with Crippen LogP contribution in [0.25, 0.3) is 10.9 Å². The van der Waals surface area contributed by atoms with E-state index in [0.717, 1.165) is 17.7 Å². The Kier molecular flexibility index (Phi) is 4.39. The summed E-state index contributed by atoms with van der Waals surface area (Å²) in [5, 5.41) is 0.580. The second-order valence-electron chi connectivity index (χ2n) is 6.88. The summed E-state index contributed by atoms with van der Waals surface area (Å²) in [7, 11) is 1.58. The molecule has 0 saturated carbocycles. The van der Waals surface area contributed by atoms with Gasteiger partial charge in [-0.3, -0.25) is 14.6 Å². The number of aryl methyl sites for hydroxylation is 1. The molecule has 1 amide bonds. The molecule has 1 aromatic carbocycles. The van der Waals surface area contributed by atoms with Crippen molar-refractivity contribution in [2.75, 3.05) is 20.2 Å². The summed E-state index contributed by atoms with van der Waals surface area (Å²) in [5.74, 6) is 0.664. The number of carbonyl (C=O) groups is 1. The standard InChI is InChI=1S/C21H21N3O3/c1-13-5-3-6-16(19(13)27-2)21(26)24-10-8-14(12-24)17-11-18-15(20(25)23-17)7-4-9-22-18/h3-7,9,11,14H,8,10,12H2,1-2H3,(H,23,25). The number of likely N-dealkylation sites (tertiary alicyclic amines) is 1. The number of hydrogen-bond donors (Lipinski definition) is 1. The van der Waals surface area contributed by atoms with E-state index in [2.05, 4.69) is 9.97 Å². The summed E-state index contributed by atoms with van der Waals surface area (Å²) < 4.78 is 5.43. The summed E-state index contributed by atoms with van der Waals surface area (Å²) in [4.78, 5) is 34.4. The molecule has 1 fully saturated rings. The minimum absolute atomic E-state index is 0.0423. The third-order valence-corrected chi connectivity index (χ3v) is 5.19. The van der Waals surface area contributed by atoms with E-state index in [4.69, 9.17) is 4.74 Å². The number of hydrogen-bond acceptors (Lipinski definition) is 4. The van der Waals surface area contributed by atoms with Crippen molar-refractivity contribution < 1.29 is 9.53 Å². The van der Waals surface area contributed by atoms with Crippen LogP contribution in [0.4, 0.5) is 0 Å². The predicted molar refractivity (Wildman–Crippen MR) is 103 cm³/mol. The zero-order chi connectivity index (χ0) is 19.0. The molecule has 27 heavy (non-hydrogen) atoms. The maximum atomic E-state index is 13.0. The van der Waals surface area contributed by atoms with Gasteiger partial charge < -0.3 is 14.6 Å². The summed E-state index contributed by atoms with van der Waals surface area (Å²) >= 11 is 0. The second kappa shape index (κ2) is 6.87. The Labute approximate surface area is 156 Å². The number of pyridine rings is 2. The highest BCUT2D eigenvalue weighted by molar-refractivity contribution is 5.97. The van der Waals surface area contributed by atoms with Gasteiger partial charge in [0, 0.05) is 30.9 Å². The third-order valence-electron chi connectivity index (χ3n) is 5.19. The summed E-state index contributed by atoms with van der Waals surface area (Å²) in [6.07, 6.45) is 2.48. The fourth-order valence-electron chi connectivity index (χ4n) is 3.79. The van der Waals surface area contributed by atoms with Crippen molar-refractivity contribution in [1.82, 2.24) is 14.9 Å². The molecule has 1 aliphatic rings. The largest absolute Gasteiger partial charge is 0.496 e. The van der Waals surface area contributed by atoms with Crippen LogP contribution in [0.1, 0.15) is 34.0 Å². The quantitative estimate of drug-likeness (QED) is 0.776. The molecule has 1 aliphatic heterocycles. The molecule has 1 N–H and O–H groups in total. The van der Waals surface area contributed by atoms with Crippen LogP contribution in [0, 0.1) is 6.92 Å². The SMILES string of the molecule is COc1c(C)cccc1C(=O)N1CCC(c2cc3ncccc3c(=O)[nH]2)C1. The Balaban J connectivity index is 1.60. The van der Waals surface area contributed by atoms with E-state index >= 15 is 0 Å². The van der Waals surface area contributed by atoms with Gasteiger partial charge in [0.25, 0.3) is 11.5 Å². The molecule has 0 radical (unpaired) electrons. The minimum Gasteiger partial charge on any atom is -0.496 e. The molecule has 4 rings (SSSR count). The molecule has 1 saturated heterocycles. The molecule has 2 aromatic heterocycles. The molecule has 3 aromatic rings. The van der Waals surface area contributed by atoms with Crippen molar-refractivity contribution in [3.8, 4) is 5.75 Å². The number of nitrogens with one attached hydrogen (secondary N) is 1. The fraction of sp³-hybridized carbons (Fsp3) is 0.286. The number of H-pyrrole nitrogens is 1. The lowest BCUT2D eigenvalue weighted by Gasteiger charge is -2.19. The second-order valence-corrected chi connectivity index (χ2v) is 6.88. The van der Waals surface area contributed by atoms with Gasteiger partial charge in [0.2, 0.25) is 0 Å². The third kappa shape index (κ3) is 3.07. The zero-order valence-electron chi connectivity index (χ0n) is 15.4. The van der Waals surface area contributed by atoms with Crippen LogP contribution < -0.4 is 10.3 Å². The lowest BCUT2D eigenvalue weighted by Crippen LogP contribution is -2.29. The Hall–Kier alpha value is -3.15. The molecule has 1 atom stereocenters. The van der Waals surface area contributed by atoms with Crippen LogP contribution in [-0.4, -0.2) is 41.0 Å². The number of methoxy groups -OCH3 is 1. The number of benzene rings is 1. The van der Waals surface area contributed by atoms with Crippen molar-refractivity contribution in [3.63, 3.8) is 0 Å². The number of nitrogens with zero attached hydrogens (tertiary/aromatic N) is 2. The number of rotatable bonds is 3. The van der Waals surface area contributed by atoms with E-state index in [1.165, 1.54) is 0 Å². The highest BCUT2D eigenvalue weighted by Gasteiger charge is 2.30. The number of aromatic nitrogens is 2. The van der Waals surface area contributed by atoms with E-state index < -0.39 is 0 Å². The van der Waals surface area contributed by atoms with E-state index in [9.17, 15) is 9.59 Å². The van der Waals surface area contributed by atoms with Gasteiger partial charge in [0.05, 0.1) is 23.6 Å². The van der Waals surface area contributed by atoms with Gasteiger partial charge in [0.1, 0.15) is 5.75 Å². The van der Waals surface area contributed by atoms with Crippen LogP contribution in [0.3, 0.4) is 0 Å². The molecule has 6 heteroatoms. The highest BCUT2D eigenvalue weighted by atomic mass is 16.5. The first-order valence-electron chi connectivity index (χ1n) is 8.99. The number of carbonyl (C=O) groups excluding carboxylic acids is 1. The molecular formula is C21H21N3O3. The normalized spacial score (nSPS) is 16.7. The molecule has 1 unspecified atom stereocenters. The molecule has 138 valence electrons. The first kappa shape index (κ1) is 17.3. The maximum Gasteiger partial charge on any atom is 0.257 e. The highest BCUT2D eigenvalue weighted by Crippen LogP contribution is 2.30. The average molecular weight is 363 g/mol. The lowest BCUT2D eigenvalue weighted by atomic mass is 10.0. The molecule has 0 bridgehead atoms. The van der Waals surface area contributed by atoms with E-state index in [-0.39, 0.29) is 17.4 Å². The predicted octanol–water partition coefficient (Wildman–Crippen LogP) is 2.87. The van der Waals surface area contributed by atoms with Gasteiger partial charge in [-0.1, -0.05) is 12.1 Å². The van der Waals surface area contributed by atoms with Gasteiger partial charge in [0.15, 0.2) is 0 Å². The van der Waals surface area contributed by atoms with Gasteiger partial charge in [-0.2, -0.15) is 0 Å². The molecule has 0 spiro atoms. The topological polar surface area (TPSA) is 75.3 Å². The van der Waals surface area contributed by atoms with Gasteiger partial charge in [-0.25, -0.2) is 0 Å². The van der Waals surface area contributed by atoms with Crippen LogP contribution in [0.15, 0.2) is 47.4 Å². The molecule has 3 heterocycles. The van der Waals surface area contributed by atoms with Gasteiger partial charge in [-0.05, 0) is 43.2 Å². The number of ether oxygens (including phenoxy) is 1. The first-order valence-corrected chi connectivity index (χ1v) is 8.99. The zero-order valence-corrected chi connectivity index (χ0v) is 15.4. The molecule has 0 aliphatic carbocycles. The van der Waals surface area contributed by atoms with Crippen molar-refractivity contribution >= 4 is 16.8 Å². The molecular weight excluding hydrogens is 342 g/mol. The maximum absolute atomic E-state index is 13.0. The van der Waals surface area contributed by atoms with Crippen LogP contribution in [-0.2, 0) is 0 Å². The van der Waals surface area contributed by atoms with Gasteiger partial charge in [-0.15, -0.1) is 0 Å². The number of aromatic amines is 1. The van der Waals surface area contributed by atoms with Crippen LogP contribution >= 0.6 is 0 Å². The summed E-state index contributed by atoms with van der Waals surface area (Å²) in [6, 6.07) is 11.0. The van der Waals surface area contributed by atoms with Crippen molar-refractivity contribution in [2.45, 2.75) is 19.3 Å². The lowest BCUT2D eigenvalue weighted by molar-refractivity contribution is 0.0787. The van der Waals surface area contributed by atoms with E-state index in [1.807, 2.05) is 30.0 Å². The van der Waals surface area contributed by atoms with E-state index in [0.29, 0.717) is 35.3 Å². The van der Waals surface area contributed by atoms with Crippen LogP contribution in [0.2, 0.25) is 0 Å². The summed E-state index contributed by atoms with van der Waals surface area (Å²) in [6.45, 7) is 3.13. The van der Waals surface area contributed by atoms with Gasteiger partial charge >= 0.3 is 0 Å². The minimum atomic E-state index is -0.138. The molecule has 6 nitrogen and oxygen atoms in total. The van der Waals surface area contributed by atoms with Crippen molar-refractivity contribution in [1.29, 1.82) is 0 Å². The van der Waals surface area contributed by atoms with Crippen molar-refractivity contribution in [3.05, 3.63) is 69.8 Å². The van der Waals surface area contributed by atoms with Crippen molar-refractivity contribution in [2.24, 2.45) is 0 Å². The Morgan fingerprint density at radius 2 is 2.15 bits per heavy atom. The fourth-order valence-corrected chi connectivity index (χ4v) is 3.79. The smallest absolute Gasteiger partial charge is 0.257 e. The average Bonchev–Trinajstić information content (AvgIpc) is 3.17. The Morgan fingerprint density at radius 1 is 1.30 bits per heavy atom. The Morgan fingerprint density at radius 3 is 2.96 bits per heavy atom. The Bertz CT molecular complexity index is 1070. The number of amides is 1. The van der Waals surface area contributed by atoms with E-state index in [1.54, 1.807) is 31.5 Å². The van der Waals surface area contributed by atoms with Crippen LogP contribution in [0.5, 0.6) is 5.75 Å². The summed E-state index contributed by atoms with van der Waals surface area (Å²) in [5.41, 5.74) is 2.88. The monoisotopic (exact) mass is 363 g/mol. The number of fused-ring (bicyclic) bond motifs is 1. The number of para-hydroxylation sites is 1. The first-order chi connectivity index (χ1) is 13.1.